The SMILES string of the molecule is CCCCCCC(C)OCCCC(C#N)(CC)NC. The first-order valence-corrected chi connectivity index (χ1v) is 7.85. The van der Waals surface area contributed by atoms with Crippen LogP contribution in [0.3, 0.4) is 0 Å². The van der Waals surface area contributed by atoms with Crippen LogP contribution in [0.5, 0.6) is 0 Å². The van der Waals surface area contributed by atoms with E-state index in [9.17, 15) is 5.26 Å². The van der Waals surface area contributed by atoms with Crippen LogP contribution in [0, 0.1) is 11.3 Å². The van der Waals surface area contributed by atoms with Crippen LogP contribution in [0.4, 0.5) is 0 Å². The van der Waals surface area contributed by atoms with Gasteiger partial charge in [-0.2, -0.15) is 5.26 Å². The Hall–Kier alpha value is -0.590. The molecule has 3 heteroatoms. The van der Waals surface area contributed by atoms with Crippen LogP contribution >= 0.6 is 0 Å². The summed E-state index contributed by atoms with van der Waals surface area (Å²) in [6.07, 6.45) is 9.35. The number of nitriles is 1. The lowest BCUT2D eigenvalue weighted by molar-refractivity contribution is 0.0534. The van der Waals surface area contributed by atoms with Crippen molar-refractivity contribution in [1.29, 1.82) is 5.26 Å². The van der Waals surface area contributed by atoms with Gasteiger partial charge in [0.25, 0.3) is 0 Å². The van der Waals surface area contributed by atoms with Crippen molar-refractivity contribution < 1.29 is 4.74 Å². The largest absolute Gasteiger partial charge is 0.379 e. The zero-order valence-electron chi connectivity index (χ0n) is 13.3. The van der Waals surface area contributed by atoms with E-state index in [0.29, 0.717) is 6.10 Å². The first kappa shape index (κ1) is 18.4. The van der Waals surface area contributed by atoms with E-state index in [-0.39, 0.29) is 5.54 Å². The summed E-state index contributed by atoms with van der Waals surface area (Å²) in [6.45, 7) is 7.20. The van der Waals surface area contributed by atoms with Gasteiger partial charge in [-0.3, -0.25) is 0 Å². The van der Waals surface area contributed by atoms with Gasteiger partial charge in [0, 0.05) is 6.61 Å². The molecule has 0 radical (unpaired) electrons. The Balaban J connectivity index is 3.65. The lowest BCUT2D eigenvalue weighted by Crippen LogP contribution is -2.41. The highest BCUT2D eigenvalue weighted by atomic mass is 16.5. The molecule has 2 unspecified atom stereocenters. The summed E-state index contributed by atoms with van der Waals surface area (Å²) < 4.78 is 5.81. The number of hydrogen-bond acceptors (Lipinski definition) is 3. The van der Waals surface area contributed by atoms with Crippen molar-refractivity contribution in [2.75, 3.05) is 13.7 Å². The molecule has 0 rings (SSSR count). The highest BCUT2D eigenvalue weighted by Crippen LogP contribution is 2.16. The van der Waals surface area contributed by atoms with Gasteiger partial charge in [-0.05, 0) is 39.7 Å². The van der Waals surface area contributed by atoms with E-state index in [2.05, 4.69) is 32.2 Å². The van der Waals surface area contributed by atoms with Gasteiger partial charge in [0.05, 0.1) is 12.2 Å². The van der Waals surface area contributed by atoms with Crippen LogP contribution in [0.2, 0.25) is 0 Å². The van der Waals surface area contributed by atoms with Gasteiger partial charge in [-0.1, -0.05) is 39.5 Å². The fraction of sp³-hybridized carbons (Fsp3) is 0.938. The predicted octanol–water partition coefficient (Wildman–Crippen LogP) is 4.03. The maximum atomic E-state index is 9.20. The van der Waals surface area contributed by atoms with E-state index in [1.54, 1.807) is 0 Å². The molecular formula is C16H32N2O. The van der Waals surface area contributed by atoms with E-state index < -0.39 is 0 Å². The van der Waals surface area contributed by atoms with Crippen molar-refractivity contribution in [3.63, 3.8) is 0 Å². The Morgan fingerprint density at radius 3 is 2.47 bits per heavy atom. The Labute approximate surface area is 119 Å². The molecule has 2 atom stereocenters. The summed E-state index contributed by atoms with van der Waals surface area (Å²) in [5.41, 5.74) is -0.367. The fourth-order valence-corrected chi connectivity index (χ4v) is 2.27. The minimum Gasteiger partial charge on any atom is -0.379 e. The van der Waals surface area contributed by atoms with Crippen molar-refractivity contribution in [2.24, 2.45) is 0 Å². The molecule has 0 aliphatic heterocycles. The number of unbranched alkanes of at least 4 members (excludes halogenated alkanes) is 3. The highest BCUT2D eigenvalue weighted by molar-refractivity contribution is 5.05. The van der Waals surface area contributed by atoms with Crippen LogP contribution in [0.1, 0.15) is 72.1 Å². The zero-order valence-corrected chi connectivity index (χ0v) is 13.3. The normalized spacial score (nSPS) is 15.7. The van der Waals surface area contributed by atoms with Crippen molar-refractivity contribution in [3.05, 3.63) is 0 Å². The first-order valence-electron chi connectivity index (χ1n) is 7.85. The molecule has 0 aliphatic rings. The lowest BCUT2D eigenvalue weighted by Gasteiger charge is -2.24. The molecule has 0 aromatic heterocycles. The molecule has 3 nitrogen and oxygen atoms in total. The van der Waals surface area contributed by atoms with Gasteiger partial charge in [0.15, 0.2) is 0 Å². The molecule has 0 amide bonds. The van der Waals surface area contributed by atoms with Crippen LogP contribution in [-0.4, -0.2) is 25.3 Å². The predicted molar refractivity (Wildman–Crippen MR) is 81.1 cm³/mol. The van der Waals surface area contributed by atoms with E-state index in [1.165, 1.54) is 25.7 Å². The summed E-state index contributed by atoms with van der Waals surface area (Å²) in [4.78, 5) is 0. The summed E-state index contributed by atoms with van der Waals surface area (Å²) in [6, 6.07) is 2.38. The molecular weight excluding hydrogens is 236 g/mol. The Bertz CT molecular complexity index is 244. The van der Waals surface area contributed by atoms with Crippen LogP contribution in [-0.2, 0) is 4.74 Å². The number of rotatable bonds is 12. The minimum absolute atomic E-state index is 0.351. The fourth-order valence-electron chi connectivity index (χ4n) is 2.27. The van der Waals surface area contributed by atoms with Gasteiger partial charge in [0.2, 0.25) is 0 Å². The molecule has 0 aromatic rings. The second-order valence-corrected chi connectivity index (χ2v) is 5.43. The summed E-state index contributed by atoms with van der Waals surface area (Å²) in [7, 11) is 1.87. The minimum atomic E-state index is -0.367. The number of hydrogen-bond donors (Lipinski definition) is 1. The van der Waals surface area contributed by atoms with Gasteiger partial charge in [-0.15, -0.1) is 0 Å². The molecule has 19 heavy (non-hydrogen) atoms. The molecule has 0 spiro atoms. The quantitative estimate of drug-likeness (QED) is 0.543. The van der Waals surface area contributed by atoms with Crippen molar-refractivity contribution in [2.45, 2.75) is 83.8 Å². The first-order chi connectivity index (χ1) is 9.14. The molecule has 0 fully saturated rings. The average molecular weight is 268 g/mol. The van der Waals surface area contributed by atoms with Crippen LogP contribution < -0.4 is 5.32 Å². The third-order valence-corrected chi connectivity index (χ3v) is 3.91. The van der Waals surface area contributed by atoms with E-state index in [1.807, 2.05) is 7.05 Å². The van der Waals surface area contributed by atoms with Gasteiger partial charge < -0.3 is 10.1 Å². The molecule has 0 heterocycles. The van der Waals surface area contributed by atoms with Crippen LogP contribution in [0.25, 0.3) is 0 Å². The molecule has 0 aliphatic carbocycles. The van der Waals surface area contributed by atoms with Crippen molar-refractivity contribution in [3.8, 4) is 6.07 Å². The van der Waals surface area contributed by atoms with Gasteiger partial charge in [0.1, 0.15) is 5.54 Å². The van der Waals surface area contributed by atoms with E-state index in [4.69, 9.17) is 4.74 Å². The Kier molecular flexibility index (Phi) is 10.9. The van der Waals surface area contributed by atoms with Gasteiger partial charge in [-0.25, -0.2) is 0 Å². The average Bonchev–Trinajstić information content (AvgIpc) is 2.45. The lowest BCUT2D eigenvalue weighted by atomic mass is 9.92. The van der Waals surface area contributed by atoms with E-state index >= 15 is 0 Å². The molecule has 0 saturated carbocycles. The van der Waals surface area contributed by atoms with Crippen LogP contribution in [0.15, 0.2) is 0 Å². The highest BCUT2D eigenvalue weighted by Gasteiger charge is 2.24. The zero-order chi connectivity index (χ0) is 14.6. The molecule has 0 saturated heterocycles. The number of nitrogens with one attached hydrogen (secondary N) is 1. The summed E-state index contributed by atoms with van der Waals surface area (Å²) in [5.74, 6) is 0. The van der Waals surface area contributed by atoms with E-state index in [0.717, 1.165) is 32.3 Å². The maximum absolute atomic E-state index is 9.20. The topological polar surface area (TPSA) is 45.0 Å². The number of nitrogens with zero attached hydrogens (tertiary/aromatic N) is 1. The standard InChI is InChI=1S/C16H32N2O/c1-5-7-8-9-11-15(3)19-13-10-12-16(6-2,14-17)18-4/h15,18H,5-13H2,1-4H3. The third kappa shape index (κ3) is 8.23. The summed E-state index contributed by atoms with van der Waals surface area (Å²) >= 11 is 0. The smallest absolute Gasteiger partial charge is 0.106 e. The van der Waals surface area contributed by atoms with Gasteiger partial charge >= 0.3 is 0 Å². The third-order valence-electron chi connectivity index (χ3n) is 3.91. The number of ether oxygens (including phenoxy) is 1. The second-order valence-electron chi connectivity index (χ2n) is 5.43. The Morgan fingerprint density at radius 2 is 1.95 bits per heavy atom. The molecule has 1 N–H and O–H groups in total. The molecule has 0 aromatic carbocycles. The molecule has 112 valence electrons. The monoisotopic (exact) mass is 268 g/mol. The second kappa shape index (κ2) is 11.3. The summed E-state index contributed by atoms with van der Waals surface area (Å²) in [5, 5.41) is 12.3. The Morgan fingerprint density at radius 1 is 1.21 bits per heavy atom. The molecule has 0 bridgehead atoms. The van der Waals surface area contributed by atoms with Crippen molar-refractivity contribution >= 4 is 0 Å². The maximum Gasteiger partial charge on any atom is 0.106 e. The van der Waals surface area contributed by atoms with Crippen molar-refractivity contribution in [1.82, 2.24) is 5.32 Å².